The Hall–Kier alpha value is -3.21. The van der Waals surface area contributed by atoms with E-state index in [1.165, 1.54) is 70.2 Å². The molecule has 1 atom stereocenters. The summed E-state index contributed by atoms with van der Waals surface area (Å²) in [7, 11) is 2.95. The molecule has 0 aliphatic carbocycles. The maximum absolute atomic E-state index is 2.95. The third-order valence-electron chi connectivity index (χ3n) is 6.79. The van der Waals surface area contributed by atoms with Crippen molar-refractivity contribution in [3.05, 3.63) is 96.6 Å². The monoisotopic (exact) mass is 398 g/mol. The lowest BCUT2D eigenvalue weighted by Crippen LogP contribution is -1.93. The molecule has 1 unspecified atom stereocenters. The molecular formula is C29H19P. The first-order valence-corrected chi connectivity index (χ1v) is 11.3. The lowest BCUT2D eigenvalue weighted by atomic mass is 9.83. The zero-order valence-corrected chi connectivity index (χ0v) is 17.6. The fourth-order valence-corrected chi connectivity index (χ4v) is 6.07. The van der Waals surface area contributed by atoms with E-state index < -0.39 is 0 Å². The zero-order valence-electron chi connectivity index (χ0n) is 16.4. The van der Waals surface area contributed by atoms with Crippen LogP contribution in [0.4, 0.5) is 0 Å². The summed E-state index contributed by atoms with van der Waals surface area (Å²) in [5.74, 6) is 0. The van der Waals surface area contributed by atoms with Gasteiger partial charge in [-0.2, -0.15) is 0 Å². The van der Waals surface area contributed by atoms with E-state index in [1.807, 2.05) is 0 Å². The molecule has 7 rings (SSSR count). The second kappa shape index (κ2) is 5.91. The summed E-state index contributed by atoms with van der Waals surface area (Å²) < 4.78 is 0. The van der Waals surface area contributed by atoms with Crippen LogP contribution in [0.5, 0.6) is 0 Å². The van der Waals surface area contributed by atoms with Gasteiger partial charge in [0.2, 0.25) is 0 Å². The molecule has 0 fully saturated rings. The predicted octanol–water partition coefficient (Wildman–Crippen LogP) is 8.42. The van der Waals surface area contributed by atoms with E-state index in [-0.39, 0.29) is 0 Å². The van der Waals surface area contributed by atoms with Crippen LogP contribution in [0.1, 0.15) is 5.56 Å². The standard InChI is InChI=1S/C29H19P/c30-16-25-20-10-3-4-11-21(20)29-27-23(13-6-14-24(25)27)22-12-5-8-18-15-17-7-1-2-9-19(17)28(29)26(18)22/h1-15H,16,30H2. The summed E-state index contributed by atoms with van der Waals surface area (Å²) in [4.78, 5) is 0. The van der Waals surface area contributed by atoms with Gasteiger partial charge in [0.05, 0.1) is 0 Å². The highest BCUT2D eigenvalue weighted by Gasteiger charge is 2.19. The van der Waals surface area contributed by atoms with E-state index in [2.05, 4.69) is 100 Å². The van der Waals surface area contributed by atoms with Crippen molar-refractivity contribution >= 4 is 73.9 Å². The molecular weight excluding hydrogens is 379 g/mol. The smallest absolute Gasteiger partial charge is 0.000765 e. The topological polar surface area (TPSA) is 0 Å². The Balaban J connectivity index is 2.00. The van der Waals surface area contributed by atoms with Crippen molar-refractivity contribution < 1.29 is 0 Å². The third-order valence-corrected chi connectivity index (χ3v) is 7.20. The van der Waals surface area contributed by atoms with Crippen LogP contribution in [0.15, 0.2) is 91.0 Å². The summed E-state index contributed by atoms with van der Waals surface area (Å²) in [5.41, 5.74) is 1.42. The lowest BCUT2D eigenvalue weighted by Gasteiger charge is -2.20. The van der Waals surface area contributed by atoms with Gasteiger partial charge in [0.15, 0.2) is 0 Å². The van der Waals surface area contributed by atoms with Crippen molar-refractivity contribution in [1.82, 2.24) is 0 Å². The second-order valence-corrected chi connectivity index (χ2v) is 8.62. The van der Waals surface area contributed by atoms with Crippen molar-refractivity contribution in [2.24, 2.45) is 0 Å². The van der Waals surface area contributed by atoms with Gasteiger partial charge in [-0.1, -0.05) is 84.9 Å². The maximum Gasteiger partial charge on any atom is -0.000765 e. The normalized spacial score (nSPS) is 12.3. The van der Waals surface area contributed by atoms with Gasteiger partial charge >= 0.3 is 0 Å². The fourth-order valence-electron chi connectivity index (χ4n) is 5.63. The number of rotatable bonds is 1. The molecule has 0 radical (unpaired) electrons. The Morgan fingerprint density at radius 3 is 1.80 bits per heavy atom. The number of fused-ring (bicyclic) bond motifs is 6. The van der Waals surface area contributed by atoms with E-state index in [0.717, 1.165) is 6.16 Å². The van der Waals surface area contributed by atoms with Crippen LogP contribution in [0, 0.1) is 0 Å². The SMILES string of the molecule is PCc1c2ccccc2c2c3c1cccc3c1cccc3cc4ccccc4c2c31. The van der Waals surface area contributed by atoms with E-state index in [9.17, 15) is 0 Å². The Morgan fingerprint density at radius 2 is 0.967 bits per heavy atom. The highest BCUT2D eigenvalue weighted by Crippen LogP contribution is 2.47. The molecule has 0 aromatic heterocycles. The molecule has 0 spiro atoms. The third kappa shape index (κ3) is 1.95. The number of hydrogen-bond acceptors (Lipinski definition) is 0. The highest BCUT2D eigenvalue weighted by molar-refractivity contribution is 7.15. The van der Waals surface area contributed by atoms with Crippen molar-refractivity contribution in [3.8, 4) is 0 Å². The van der Waals surface area contributed by atoms with Crippen LogP contribution in [-0.2, 0) is 6.16 Å². The Morgan fingerprint density at radius 1 is 0.433 bits per heavy atom. The molecule has 1 heteroatoms. The maximum atomic E-state index is 2.95. The second-order valence-electron chi connectivity index (χ2n) is 8.21. The van der Waals surface area contributed by atoms with Gasteiger partial charge in [-0.3, -0.25) is 0 Å². The van der Waals surface area contributed by atoms with Crippen LogP contribution >= 0.6 is 9.24 Å². The molecule has 7 aromatic carbocycles. The summed E-state index contributed by atoms with van der Waals surface area (Å²) in [6.07, 6.45) is 0.952. The molecule has 30 heavy (non-hydrogen) atoms. The largest absolute Gasteiger partial charge is 0.133 e. The van der Waals surface area contributed by atoms with Crippen molar-refractivity contribution in [2.75, 3.05) is 0 Å². The molecule has 0 amide bonds. The van der Waals surface area contributed by atoms with Gasteiger partial charge in [-0.15, -0.1) is 9.24 Å². The summed E-state index contributed by atoms with van der Waals surface area (Å²) >= 11 is 0. The van der Waals surface area contributed by atoms with Crippen LogP contribution in [-0.4, -0.2) is 0 Å². The molecule has 0 heterocycles. The number of hydrogen-bond donors (Lipinski definition) is 0. The van der Waals surface area contributed by atoms with Crippen LogP contribution in [0.25, 0.3) is 64.6 Å². The lowest BCUT2D eigenvalue weighted by molar-refractivity contribution is 1.53. The molecule has 140 valence electrons. The summed E-state index contributed by atoms with van der Waals surface area (Å²) in [6, 6.07) is 33.8. The molecule has 0 bridgehead atoms. The van der Waals surface area contributed by atoms with Gasteiger partial charge < -0.3 is 0 Å². The molecule has 0 saturated heterocycles. The minimum absolute atomic E-state index is 0.952. The molecule has 0 N–H and O–H groups in total. The molecule has 0 saturated carbocycles. The first kappa shape index (κ1) is 16.6. The minimum atomic E-state index is 0.952. The minimum Gasteiger partial charge on any atom is -0.133 e. The van der Waals surface area contributed by atoms with Crippen LogP contribution < -0.4 is 0 Å². The highest BCUT2D eigenvalue weighted by atomic mass is 31.0. The molecule has 0 nitrogen and oxygen atoms in total. The van der Waals surface area contributed by atoms with Crippen molar-refractivity contribution in [2.45, 2.75) is 6.16 Å². The Bertz CT molecular complexity index is 1780. The fraction of sp³-hybridized carbons (Fsp3) is 0.0345. The van der Waals surface area contributed by atoms with E-state index >= 15 is 0 Å². The first-order chi connectivity index (χ1) is 14.9. The first-order valence-electron chi connectivity index (χ1n) is 10.5. The zero-order chi connectivity index (χ0) is 19.8. The average molecular weight is 398 g/mol. The summed E-state index contributed by atoms with van der Waals surface area (Å²) in [6.45, 7) is 0. The van der Waals surface area contributed by atoms with Gasteiger partial charge in [0.1, 0.15) is 0 Å². The van der Waals surface area contributed by atoms with Gasteiger partial charge in [-0.25, -0.2) is 0 Å². The molecule has 0 aliphatic rings. The van der Waals surface area contributed by atoms with E-state index in [0.29, 0.717) is 0 Å². The van der Waals surface area contributed by atoms with Gasteiger partial charge in [0, 0.05) is 0 Å². The van der Waals surface area contributed by atoms with Gasteiger partial charge in [0.25, 0.3) is 0 Å². The average Bonchev–Trinajstić information content (AvgIpc) is 2.80. The van der Waals surface area contributed by atoms with Crippen molar-refractivity contribution in [3.63, 3.8) is 0 Å². The molecule has 7 aromatic rings. The van der Waals surface area contributed by atoms with E-state index in [1.54, 1.807) is 0 Å². The van der Waals surface area contributed by atoms with Crippen LogP contribution in [0.3, 0.4) is 0 Å². The van der Waals surface area contributed by atoms with E-state index in [4.69, 9.17) is 0 Å². The number of benzene rings is 7. The molecule has 0 aliphatic heterocycles. The Kier molecular flexibility index (Phi) is 3.26. The quantitative estimate of drug-likeness (QED) is 0.148. The summed E-state index contributed by atoms with van der Waals surface area (Å²) in [5, 5.41) is 16.4. The van der Waals surface area contributed by atoms with Crippen molar-refractivity contribution in [1.29, 1.82) is 0 Å². The predicted molar refractivity (Wildman–Crippen MR) is 136 cm³/mol. The Labute approximate surface area is 176 Å². The van der Waals surface area contributed by atoms with Crippen LogP contribution in [0.2, 0.25) is 0 Å². The van der Waals surface area contributed by atoms with Gasteiger partial charge in [-0.05, 0) is 82.4 Å².